The molecule has 20 heavy (non-hydrogen) atoms. The third kappa shape index (κ3) is 3.96. The normalized spacial score (nSPS) is 15.9. The quantitative estimate of drug-likeness (QED) is 0.774. The van der Waals surface area contributed by atoms with Crippen molar-refractivity contribution in [2.75, 3.05) is 49.3 Å². The molecule has 0 bridgehead atoms. The van der Waals surface area contributed by atoms with Gasteiger partial charge in [-0.25, -0.2) is 9.97 Å². The zero-order valence-electron chi connectivity index (χ0n) is 12.3. The van der Waals surface area contributed by atoms with E-state index < -0.39 is 0 Å². The summed E-state index contributed by atoms with van der Waals surface area (Å²) in [5.74, 6) is 1.60. The van der Waals surface area contributed by atoms with E-state index in [2.05, 4.69) is 20.2 Å². The highest BCUT2D eigenvalue weighted by Crippen LogP contribution is 2.27. The lowest BCUT2D eigenvalue weighted by Crippen LogP contribution is -2.26. The number of aromatic nitrogens is 2. The van der Waals surface area contributed by atoms with Crippen molar-refractivity contribution in [3.8, 4) is 0 Å². The second kappa shape index (κ2) is 7.89. The van der Waals surface area contributed by atoms with Crippen molar-refractivity contribution in [2.24, 2.45) is 0 Å². The van der Waals surface area contributed by atoms with Crippen molar-refractivity contribution in [2.45, 2.75) is 32.1 Å². The van der Waals surface area contributed by atoms with Crippen LogP contribution in [0.3, 0.4) is 0 Å². The van der Waals surface area contributed by atoms with E-state index in [4.69, 9.17) is 10.5 Å². The zero-order chi connectivity index (χ0) is 14.2. The summed E-state index contributed by atoms with van der Waals surface area (Å²) in [6.07, 6.45) is 7.53. The number of nitrogens with one attached hydrogen (secondary N) is 1. The number of hydrogen-bond donors (Lipinski definition) is 2. The lowest BCUT2D eigenvalue weighted by atomic mass is 10.2. The van der Waals surface area contributed by atoms with E-state index in [1.165, 1.54) is 25.7 Å². The van der Waals surface area contributed by atoms with Gasteiger partial charge in [0.2, 0.25) is 0 Å². The van der Waals surface area contributed by atoms with Gasteiger partial charge in [0, 0.05) is 33.4 Å². The topological polar surface area (TPSA) is 76.3 Å². The van der Waals surface area contributed by atoms with Gasteiger partial charge in [0.1, 0.15) is 12.0 Å². The largest absolute Gasteiger partial charge is 0.393 e. The molecule has 0 atom stereocenters. The predicted octanol–water partition coefficient (Wildman–Crippen LogP) is 1.89. The molecule has 1 fully saturated rings. The Morgan fingerprint density at radius 3 is 2.70 bits per heavy atom. The van der Waals surface area contributed by atoms with Gasteiger partial charge in [0.05, 0.1) is 0 Å². The molecule has 3 N–H and O–H groups in total. The van der Waals surface area contributed by atoms with Crippen molar-refractivity contribution in [1.29, 1.82) is 0 Å². The molecule has 1 aromatic heterocycles. The molecule has 0 amide bonds. The number of rotatable bonds is 6. The van der Waals surface area contributed by atoms with E-state index in [-0.39, 0.29) is 0 Å². The second-order valence-corrected chi connectivity index (χ2v) is 5.13. The maximum Gasteiger partial charge on any atom is 0.157 e. The molecule has 6 nitrogen and oxygen atoms in total. The molecule has 112 valence electrons. The van der Waals surface area contributed by atoms with E-state index in [1.54, 1.807) is 13.4 Å². The highest BCUT2D eigenvalue weighted by Gasteiger charge is 2.16. The van der Waals surface area contributed by atoms with Crippen molar-refractivity contribution in [3.63, 3.8) is 0 Å². The summed E-state index contributed by atoms with van der Waals surface area (Å²) >= 11 is 0. The number of anilines is 3. The molecule has 2 rings (SSSR count). The molecule has 6 heteroatoms. The SMILES string of the molecule is COCCCNc1ncnc(N2CCCCCC2)c1N. The Morgan fingerprint density at radius 1 is 1.25 bits per heavy atom. The van der Waals surface area contributed by atoms with Crippen LogP contribution >= 0.6 is 0 Å². The molecular weight excluding hydrogens is 254 g/mol. The fourth-order valence-electron chi connectivity index (χ4n) is 2.48. The van der Waals surface area contributed by atoms with Gasteiger partial charge in [-0.1, -0.05) is 12.8 Å². The molecule has 2 heterocycles. The lowest BCUT2D eigenvalue weighted by molar-refractivity contribution is 0.198. The third-order valence-corrected chi connectivity index (χ3v) is 3.59. The Bertz CT molecular complexity index is 405. The second-order valence-electron chi connectivity index (χ2n) is 5.13. The van der Waals surface area contributed by atoms with E-state index in [0.29, 0.717) is 5.69 Å². The lowest BCUT2D eigenvalue weighted by Gasteiger charge is -2.23. The van der Waals surface area contributed by atoms with E-state index in [0.717, 1.165) is 44.3 Å². The van der Waals surface area contributed by atoms with Gasteiger partial charge in [-0.2, -0.15) is 0 Å². The van der Waals surface area contributed by atoms with Gasteiger partial charge in [-0.15, -0.1) is 0 Å². The summed E-state index contributed by atoms with van der Waals surface area (Å²) in [5.41, 5.74) is 6.88. The third-order valence-electron chi connectivity index (χ3n) is 3.59. The number of hydrogen-bond acceptors (Lipinski definition) is 6. The molecule has 0 aliphatic carbocycles. The smallest absolute Gasteiger partial charge is 0.157 e. The number of nitrogen functional groups attached to an aromatic ring is 1. The molecule has 0 saturated carbocycles. The van der Waals surface area contributed by atoms with Gasteiger partial charge < -0.3 is 20.7 Å². The summed E-state index contributed by atoms with van der Waals surface area (Å²) < 4.78 is 5.03. The first kappa shape index (κ1) is 14.8. The summed E-state index contributed by atoms with van der Waals surface area (Å²) in [7, 11) is 1.70. The minimum absolute atomic E-state index is 0.659. The minimum atomic E-state index is 0.659. The molecule has 0 spiro atoms. The maximum atomic E-state index is 6.22. The van der Waals surface area contributed by atoms with E-state index >= 15 is 0 Å². The average molecular weight is 279 g/mol. The van der Waals surface area contributed by atoms with Crippen LogP contribution in [0.25, 0.3) is 0 Å². The van der Waals surface area contributed by atoms with Gasteiger partial charge in [0.15, 0.2) is 11.6 Å². The Balaban J connectivity index is 2.02. The molecule has 1 aliphatic heterocycles. The molecule has 0 aromatic carbocycles. The summed E-state index contributed by atoms with van der Waals surface area (Å²) in [6, 6.07) is 0. The summed E-state index contributed by atoms with van der Waals surface area (Å²) in [5, 5.41) is 3.26. The van der Waals surface area contributed by atoms with E-state index in [1.807, 2.05) is 0 Å². The van der Waals surface area contributed by atoms with Crippen LogP contribution < -0.4 is 16.0 Å². The minimum Gasteiger partial charge on any atom is -0.393 e. The number of methoxy groups -OCH3 is 1. The van der Waals surface area contributed by atoms with Gasteiger partial charge >= 0.3 is 0 Å². The number of ether oxygens (including phenoxy) is 1. The van der Waals surface area contributed by atoms with Crippen LogP contribution in [0.1, 0.15) is 32.1 Å². The highest BCUT2D eigenvalue weighted by molar-refractivity contribution is 5.74. The zero-order valence-corrected chi connectivity index (χ0v) is 12.3. The molecule has 0 radical (unpaired) electrons. The summed E-state index contributed by atoms with van der Waals surface area (Å²) in [4.78, 5) is 10.9. The first-order valence-electron chi connectivity index (χ1n) is 7.41. The van der Waals surface area contributed by atoms with Crippen LogP contribution in [0, 0.1) is 0 Å². The summed E-state index contributed by atoms with van der Waals surface area (Å²) in [6.45, 7) is 3.60. The first-order chi connectivity index (χ1) is 9.83. The predicted molar refractivity (Wildman–Crippen MR) is 82.1 cm³/mol. The Labute approximate surface area is 120 Å². The fraction of sp³-hybridized carbons (Fsp3) is 0.714. The van der Waals surface area contributed by atoms with Crippen molar-refractivity contribution in [1.82, 2.24) is 9.97 Å². The molecule has 1 aromatic rings. The number of nitrogens with two attached hydrogens (primary N) is 1. The van der Waals surface area contributed by atoms with E-state index in [9.17, 15) is 0 Å². The standard InChI is InChI=1S/C14H25N5O/c1-20-10-6-7-16-13-12(15)14(18-11-17-13)19-8-4-2-3-5-9-19/h11H,2-10,15H2,1H3,(H,16,17,18). The molecular formula is C14H25N5O. The van der Waals surface area contributed by atoms with Gasteiger partial charge in [-0.05, 0) is 19.3 Å². The average Bonchev–Trinajstić information content (AvgIpc) is 2.74. The van der Waals surface area contributed by atoms with Crippen LogP contribution in [0.4, 0.5) is 17.3 Å². The van der Waals surface area contributed by atoms with Gasteiger partial charge in [0.25, 0.3) is 0 Å². The van der Waals surface area contributed by atoms with Gasteiger partial charge in [-0.3, -0.25) is 0 Å². The Hall–Kier alpha value is -1.56. The first-order valence-corrected chi connectivity index (χ1v) is 7.41. The molecule has 1 aliphatic rings. The van der Waals surface area contributed by atoms with Crippen molar-refractivity contribution >= 4 is 17.3 Å². The number of nitrogens with zero attached hydrogens (tertiary/aromatic N) is 3. The van der Waals surface area contributed by atoms with Crippen LogP contribution in [0.15, 0.2) is 6.33 Å². The Kier molecular flexibility index (Phi) is 5.86. The van der Waals surface area contributed by atoms with Crippen LogP contribution in [0.5, 0.6) is 0 Å². The van der Waals surface area contributed by atoms with Crippen LogP contribution in [-0.4, -0.2) is 43.3 Å². The maximum absolute atomic E-state index is 6.22. The highest BCUT2D eigenvalue weighted by atomic mass is 16.5. The monoisotopic (exact) mass is 279 g/mol. The van der Waals surface area contributed by atoms with Crippen LogP contribution in [0.2, 0.25) is 0 Å². The van der Waals surface area contributed by atoms with Crippen molar-refractivity contribution < 1.29 is 4.74 Å². The fourth-order valence-corrected chi connectivity index (χ4v) is 2.48. The Morgan fingerprint density at radius 2 is 2.00 bits per heavy atom. The molecule has 1 saturated heterocycles. The van der Waals surface area contributed by atoms with Crippen molar-refractivity contribution in [3.05, 3.63) is 6.33 Å². The molecule has 0 unspecified atom stereocenters. The van der Waals surface area contributed by atoms with Crippen LogP contribution in [-0.2, 0) is 4.74 Å².